The zero-order valence-electron chi connectivity index (χ0n) is 9.20. The lowest BCUT2D eigenvalue weighted by Crippen LogP contribution is -2.31. The Morgan fingerprint density at radius 3 is 2.76 bits per heavy atom. The number of methoxy groups -OCH3 is 1. The third kappa shape index (κ3) is 3.57. The first-order chi connectivity index (χ1) is 8.02. The Bertz CT molecular complexity index is 430. The van der Waals surface area contributed by atoms with E-state index in [9.17, 15) is 8.78 Å². The number of anilines is 1. The lowest BCUT2D eigenvalue weighted by atomic mass is 10.2. The number of hydrogen-bond donors (Lipinski definition) is 2. The molecule has 1 aromatic rings. The molecule has 0 heterocycles. The van der Waals surface area contributed by atoms with Gasteiger partial charge in [0, 0.05) is 6.07 Å². The molecule has 6 heteroatoms. The molecule has 0 bridgehead atoms. The van der Waals surface area contributed by atoms with E-state index < -0.39 is 19.1 Å². The predicted octanol–water partition coefficient (Wildman–Crippen LogP) is 1.61. The summed E-state index contributed by atoms with van der Waals surface area (Å²) in [7, 11) is 1.44. The molecule has 0 aliphatic rings. The van der Waals surface area contributed by atoms with Gasteiger partial charge in [-0.3, -0.25) is 0 Å². The summed E-state index contributed by atoms with van der Waals surface area (Å²) < 4.78 is 30.6. The molecule has 0 fully saturated rings. The molecule has 0 saturated heterocycles. The Labute approximate surface area is 97.4 Å². The largest absolute Gasteiger partial charge is 0.497 e. The number of hydrogen-bond acceptors (Lipinski definition) is 4. The van der Waals surface area contributed by atoms with Crippen LogP contribution in [0.5, 0.6) is 5.75 Å². The van der Waals surface area contributed by atoms with E-state index in [1.54, 1.807) is 6.07 Å². The summed E-state index contributed by atoms with van der Waals surface area (Å²) >= 11 is 0. The molecule has 1 rings (SSSR count). The third-order valence-electron chi connectivity index (χ3n) is 2.12. The smallest absolute Gasteiger partial charge is 0.287 e. The number of nitrogens with one attached hydrogen (secondary N) is 1. The topological polar surface area (TPSA) is 65.3 Å². The maximum Gasteiger partial charge on any atom is 0.287 e. The maximum atomic E-state index is 12.8. The van der Waals surface area contributed by atoms with Gasteiger partial charge in [0.1, 0.15) is 18.4 Å². The normalized spacial score (nSPS) is 10.8. The van der Waals surface area contributed by atoms with Gasteiger partial charge in [0.2, 0.25) is 0 Å². The van der Waals surface area contributed by atoms with Gasteiger partial charge in [-0.1, -0.05) is 0 Å². The fourth-order valence-corrected chi connectivity index (χ4v) is 1.17. The van der Waals surface area contributed by atoms with Gasteiger partial charge in [0.25, 0.3) is 5.92 Å². The highest BCUT2D eigenvalue weighted by Gasteiger charge is 2.27. The van der Waals surface area contributed by atoms with Crippen molar-refractivity contribution in [1.82, 2.24) is 0 Å². The molecule has 4 nitrogen and oxygen atoms in total. The van der Waals surface area contributed by atoms with Crippen molar-refractivity contribution >= 4 is 5.69 Å². The standard InChI is InChI=1S/C11H12F2N2O2/c1-17-9-3-2-8(5-14)10(4-9)15-6-11(12,13)7-16/h2-4,15-16H,6-7H2,1H3. The van der Waals surface area contributed by atoms with Crippen molar-refractivity contribution in [2.75, 3.05) is 25.6 Å². The molecule has 17 heavy (non-hydrogen) atoms. The molecular weight excluding hydrogens is 230 g/mol. The number of halogens is 2. The molecule has 92 valence electrons. The van der Waals surface area contributed by atoms with Crippen LogP contribution in [0.15, 0.2) is 18.2 Å². The van der Waals surface area contributed by atoms with Gasteiger partial charge in [-0.05, 0) is 12.1 Å². The Balaban J connectivity index is 2.86. The molecule has 0 atom stereocenters. The Morgan fingerprint density at radius 2 is 2.24 bits per heavy atom. The van der Waals surface area contributed by atoms with Gasteiger partial charge in [0.15, 0.2) is 0 Å². The fraction of sp³-hybridized carbons (Fsp3) is 0.364. The van der Waals surface area contributed by atoms with Gasteiger partial charge in [0.05, 0.1) is 24.9 Å². The summed E-state index contributed by atoms with van der Waals surface area (Å²) in [5, 5.41) is 19.6. The van der Waals surface area contributed by atoms with Crippen LogP contribution < -0.4 is 10.1 Å². The van der Waals surface area contributed by atoms with Crippen molar-refractivity contribution < 1.29 is 18.6 Å². The summed E-state index contributed by atoms with van der Waals surface area (Å²) in [5.41, 5.74) is 0.486. The number of aliphatic hydroxyl groups excluding tert-OH is 1. The van der Waals surface area contributed by atoms with Crippen LogP contribution in [-0.2, 0) is 0 Å². The number of aliphatic hydroxyl groups is 1. The number of ether oxygens (including phenoxy) is 1. The first kappa shape index (κ1) is 13.2. The van der Waals surface area contributed by atoms with Crippen molar-refractivity contribution in [2.45, 2.75) is 5.92 Å². The van der Waals surface area contributed by atoms with Crippen LogP contribution in [0.25, 0.3) is 0 Å². The average Bonchev–Trinajstić information content (AvgIpc) is 2.36. The summed E-state index contributed by atoms with van der Waals surface area (Å²) in [5.74, 6) is -2.77. The minimum atomic E-state index is -3.23. The van der Waals surface area contributed by atoms with Crippen LogP contribution in [0.2, 0.25) is 0 Å². The lowest BCUT2D eigenvalue weighted by Gasteiger charge is -2.16. The number of alkyl halides is 2. The van der Waals surface area contributed by atoms with E-state index in [-0.39, 0.29) is 11.3 Å². The number of nitriles is 1. The highest BCUT2D eigenvalue weighted by Crippen LogP contribution is 2.23. The highest BCUT2D eigenvalue weighted by atomic mass is 19.3. The molecule has 0 radical (unpaired) electrons. The average molecular weight is 242 g/mol. The maximum absolute atomic E-state index is 12.8. The SMILES string of the molecule is COc1ccc(C#N)c(NCC(F)(F)CO)c1. The second-order valence-electron chi connectivity index (χ2n) is 3.39. The van der Waals surface area contributed by atoms with Crippen LogP contribution in [0.3, 0.4) is 0 Å². The second kappa shape index (κ2) is 5.46. The third-order valence-corrected chi connectivity index (χ3v) is 2.12. The molecule has 0 aliphatic heterocycles. The van der Waals surface area contributed by atoms with Crippen LogP contribution in [0.4, 0.5) is 14.5 Å². The first-order valence-corrected chi connectivity index (χ1v) is 4.83. The zero-order chi connectivity index (χ0) is 12.9. The molecule has 0 spiro atoms. The molecular formula is C11H12F2N2O2. The van der Waals surface area contributed by atoms with Gasteiger partial charge < -0.3 is 15.2 Å². The highest BCUT2D eigenvalue weighted by molar-refractivity contribution is 5.60. The minimum Gasteiger partial charge on any atom is -0.497 e. The van der Waals surface area contributed by atoms with Crippen molar-refractivity contribution in [1.29, 1.82) is 5.26 Å². The molecule has 2 N–H and O–H groups in total. The van der Waals surface area contributed by atoms with E-state index in [4.69, 9.17) is 15.1 Å². The first-order valence-electron chi connectivity index (χ1n) is 4.83. The molecule has 0 amide bonds. The van der Waals surface area contributed by atoms with Gasteiger partial charge in [-0.15, -0.1) is 0 Å². The van der Waals surface area contributed by atoms with Crippen molar-refractivity contribution in [3.63, 3.8) is 0 Å². The van der Waals surface area contributed by atoms with Crippen LogP contribution in [0.1, 0.15) is 5.56 Å². The van der Waals surface area contributed by atoms with Crippen LogP contribution in [-0.4, -0.2) is 31.3 Å². The van der Waals surface area contributed by atoms with Crippen LogP contribution >= 0.6 is 0 Å². The van der Waals surface area contributed by atoms with Crippen molar-refractivity contribution in [2.24, 2.45) is 0 Å². The molecule has 0 saturated carbocycles. The summed E-state index contributed by atoms with van der Waals surface area (Å²) in [6, 6.07) is 6.36. The van der Waals surface area contributed by atoms with E-state index in [1.807, 2.05) is 6.07 Å². The fourth-order valence-electron chi connectivity index (χ4n) is 1.17. The second-order valence-corrected chi connectivity index (χ2v) is 3.39. The Morgan fingerprint density at radius 1 is 1.53 bits per heavy atom. The number of nitrogens with zero attached hydrogens (tertiary/aromatic N) is 1. The molecule has 0 unspecified atom stereocenters. The molecule has 1 aromatic carbocycles. The van der Waals surface area contributed by atoms with E-state index in [2.05, 4.69) is 5.32 Å². The van der Waals surface area contributed by atoms with E-state index >= 15 is 0 Å². The summed E-state index contributed by atoms with van der Waals surface area (Å²) in [6.07, 6.45) is 0. The van der Waals surface area contributed by atoms with E-state index in [0.717, 1.165) is 0 Å². The molecule has 0 aromatic heterocycles. The van der Waals surface area contributed by atoms with Crippen molar-refractivity contribution in [3.8, 4) is 11.8 Å². The van der Waals surface area contributed by atoms with Crippen LogP contribution in [0, 0.1) is 11.3 Å². The Kier molecular flexibility index (Phi) is 4.24. The van der Waals surface area contributed by atoms with Gasteiger partial charge >= 0.3 is 0 Å². The Hall–Kier alpha value is -1.87. The van der Waals surface area contributed by atoms with E-state index in [0.29, 0.717) is 5.75 Å². The number of rotatable bonds is 5. The van der Waals surface area contributed by atoms with Gasteiger partial charge in [-0.2, -0.15) is 5.26 Å². The quantitative estimate of drug-likeness (QED) is 0.823. The summed E-state index contributed by atoms with van der Waals surface area (Å²) in [6.45, 7) is -1.99. The van der Waals surface area contributed by atoms with Gasteiger partial charge in [-0.25, -0.2) is 8.78 Å². The summed E-state index contributed by atoms with van der Waals surface area (Å²) in [4.78, 5) is 0. The predicted molar refractivity (Wildman–Crippen MR) is 58.2 cm³/mol. The molecule has 0 aliphatic carbocycles. The van der Waals surface area contributed by atoms with E-state index in [1.165, 1.54) is 19.2 Å². The monoisotopic (exact) mass is 242 g/mol. The minimum absolute atomic E-state index is 0.236. The lowest BCUT2D eigenvalue weighted by molar-refractivity contribution is -0.0372. The van der Waals surface area contributed by atoms with Crippen molar-refractivity contribution in [3.05, 3.63) is 23.8 Å². The number of benzene rings is 1. The zero-order valence-corrected chi connectivity index (χ0v) is 9.20.